The zero-order valence-electron chi connectivity index (χ0n) is 9.64. The van der Waals surface area contributed by atoms with Crippen molar-refractivity contribution in [2.45, 2.75) is 45.7 Å². The van der Waals surface area contributed by atoms with E-state index in [1.54, 1.807) is 19.0 Å². The van der Waals surface area contributed by atoms with Crippen LogP contribution in [0.4, 0.5) is 0 Å². The van der Waals surface area contributed by atoms with Crippen LogP contribution in [0, 0.1) is 0 Å². The minimum absolute atomic E-state index is 0.00759. The van der Waals surface area contributed by atoms with Crippen LogP contribution in [0.1, 0.15) is 34.1 Å². The summed E-state index contributed by atoms with van der Waals surface area (Å²) >= 11 is 0. The Hall–Kier alpha value is -0.570. The zero-order chi connectivity index (χ0) is 10.6. The fraction of sp³-hybridized carbons (Fsp3) is 0.900. The Morgan fingerprint density at radius 3 is 2.08 bits per heavy atom. The number of hydrogen-bond donors (Lipinski definition) is 1. The van der Waals surface area contributed by atoms with Crippen molar-refractivity contribution >= 4 is 5.91 Å². The highest BCUT2D eigenvalue weighted by atomic mass is 16.2. The molecule has 0 unspecified atom stereocenters. The number of hydrogen-bond acceptors (Lipinski definition) is 2. The van der Waals surface area contributed by atoms with Crippen LogP contribution in [-0.2, 0) is 4.79 Å². The van der Waals surface area contributed by atoms with E-state index in [1.807, 2.05) is 6.92 Å². The van der Waals surface area contributed by atoms with Gasteiger partial charge in [-0.05, 0) is 27.2 Å². The summed E-state index contributed by atoms with van der Waals surface area (Å²) in [4.78, 5) is 13.2. The van der Waals surface area contributed by atoms with Gasteiger partial charge in [0.1, 0.15) is 0 Å². The van der Waals surface area contributed by atoms with E-state index in [9.17, 15) is 4.79 Å². The standard InChI is InChI=1S/C10H22N2O/c1-7-8(9(13)12(5)6)11-10(2,3)4/h8,11H,7H2,1-6H3/t8-/m0/s1. The van der Waals surface area contributed by atoms with Crippen molar-refractivity contribution in [1.82, 2.24) is 10.2 Å². The van der Waals surface area contributed by atoms with Crippen molar-refractivity contribution in [3.63, 3.8) is 0 Å². The van der Waals surface area contributed by atoms with Gasteiger partial charge in [-0.15, -0.1) is 0 Å². The normalized spacial score (nSPS) is 14.0. The molecule has 0 aromatic rings. The summed E-state index contributed by atoms with van der Waals surface area (Å²) < 4.78 is 0. The van der Waals surface area contributed by atoms with Crippen LogP contribution in [0.25, 0.3) is 0 Å². The zero-order valence-corrected chi connectivity index (χ0v) is 9.64. The molecule has 0 aliphatic heterocycles. The quantitative estimate of drug-likeness (QED) is 0.719. The Bertz CT molecular complexity index is 170. The maximum absolute atomic E-state index is 11.6. The smallest absolute Gasteiger partial charge is 0.239 e. The highest BCUT2D eigenvalue weighted by Gasteiger charge is 2.22. The number of nitrogens with zero attached hydrogens (tertiary/aromatic N) is 1. The molecule has 0 rings (SSSR count). The molecule has 78 valence electrons. The Labute approximate surface area is 81.5 Å². The first-order chi connectivity index (χ1) is 5.78. The van der Waals surface area contributed by atoms with Crippen LogP contribution < -0.4 is 5.32 Å². The summed E-state index contributed by atoms with van der Waals surface area (Å²) in [6, 6.07) is -0.0602. The minimum atomic E-state index is -0.0602. The van der Waals surface area contributed by atoms with Crippen molar-refractivity contribution in [3.8, 4) is 0 Å². The van der Waals surface area contributed by atoms with E-state index in [1.165, 1.54) is 0 Å². The van der Waals surface area contributed by atoms with E-state index in [2.05, 4.69) is 26.1 Å². The van der Waals surface area contributed by atoms with E-state index in [0.29, 0.717) is 0 Å². The van der Waals surface area contributed by atoms with Gasteiger partial charge in [0.2, 0.25) is 5.91 Å². The van der Waals surface area contributed by atoms with Gasteiger partial charge in [-0.2, -0.15) is 0 Å². The van der Waals surface area contributed by atoms with Crippen LogP contribution in [0.15, 0.2) is 0 Å². The number of rotatable bonds is 3. The maximum atomic E-state index is 11.6. The fourth-order valence-corrected chi connectivity index (χ4v) is 1.17. The second kappa shape index (κ2) is 4.61. The third kappa shape index (κ3) is 4.88. The first-order valence-corrected chi connectivity index (χ1v) is 4.76. The molecule has 0 heterocycles. The molecule has 1 atom stereocenters. The van der Waals surface area contributed by atoms with Crippen molar-refractivity contribution in [3.05, 3.63) is 0 Å². The molecule has 0 spiro atoms. The average Bonchev–Trinajstić information content (AvgIpc) is 1.97. The van der Waals surface area contributed by atoms with Gasteiger partial charge in [-0.3, -0.25) is 4.79 Å². The molecule has 13 heavy (non-hydrogen) atoms. The third-order valence-electron chi connectivity index (χ3n) is 1.75. The number of carbonyl (C=O) groups excluding carboxylic acids is 1. The second-order valence-electron chi connectivity index (χ2n) is 4.59. The van der Waals surface area contributed by atoms with Gasteiger partial charge >= 0.3 is 0 Å². The van der Waals surface area contributed by atoms with Crippen LogP contribution in [0.2, 0.25) is 0 Å². The summed E-state index contributed by atoms with van der Waals surface area (Å²) in [7, 11) is 3.57. The Morgan fingerprint density at radius 2 is 1.85 bits per heavy atom. The highest BCUT2D eigenvalue weighted by Crippen LogP contribution is 2.05. The van der Waals surface area contributed by atoms with Crippen LogP contribution >= 0.6 is 0 Å². The predicted molar refractivity (Wildman–Crippen MR) is 55.7 cm³/mol. The summed E-state index contributed by atoms with van der Waals surface area (Å²) in [5, 5.41) is 3.30. The van der Waals surface area contributed by atoms with E-state index in [4.69, 9.17) is 0 Å². The number of likely N-dealkylation sites (N-methyl/N-ethyl adjacent to an activating group) is 1. The summed E-state index contributed by atoms with van der Waals surface area (Å²) in [5.74, 6) is 0.150. The molecular weight excluding hydrogens is 164 g/mol. The number of nitrogens with one attached hydrogen (secondary N) is 1. The molecular formula is C10H22N2O. The topological polar surface area (TPSA) is 32.3 Å². The molecule has 0 aliphatic rings. The largest absolute Gasteiger partial charge is 0.347 e. The lowest BCUT2D eigenvalue weighted by Crippen LogP contribution is -2.50. The Morgan fingerprint density at radius 1 is 1.38 bits per heavy atom. The molecule has 0 radical (unpaired) electrons. The summed E-state index contributed by atoms with van der Waals surface area (Å²) in [5.41, 5.74) is -0.00759. The molecule has 1 N–H and O–H groups in total. The molecule has 3 nitrogen and oxygen atoms in total. The predicted octanol–water partition coefficient (Wildman–Crippen LogP) is 1.24. The van der Waals surface area contributed by atoms with Gasteiger partial charge in [-0.25, -0.2) is 0 Å². The van der Waals surface area contributed by atoms with Gasteiger partial charge in [0, 0.05) is 19.6 Å². The highest BCUT2D eigenvalue weighted by molar-refractivity contribution is 5.81. The molecule has 0 saturated carbocycles. The van der Waals surface area contributed by atoms with Gasteiger partial charge in [0.25, 0.3) is 0 Å². The molecule has 0 saturated heterocycles. The lowest BCUT2D eigenvalue weighted by molar-refractivity contribution is -0.131. The fourth-order valence-electron chi connectivity index (χ4n) is 1.17. The summed E-state index contributed by atoms with van der Waals surface area (Å²) in [6.07, 6.45) is 0.828. The van der Waals surface area contributed by atoms with Gasteiger partial charge in [0.15, 0.2) is 0 Å². The average molecular weight is 186 g/mol. The van der Waals surface area contributed by atoms with Crippen molar-refractivity contribution in [2.75, 3.05) is 14.1 Å². The second-order valence-corrected chi connectivity index (χ2v) is 4.59. The Balaban J connectivity index is 4.27. The molecule has 0 fully saturated rings. The first kappa shape index (κ1) is 12.4. The number of amides is 1. The molecule has 3 heteroatoms. The molecule has 0 aromatic heterocycles. The lowest BCUT2D eigenvalue weighted by atomic mass is 10.1. The monoisotopic (exact) mass is 186 g/mol. The van der Waals surface area contributed by atoms with Crippen molar-refractivity contribution in [2.24, 2.45) is 0 Å². The summed E-state index contributed by atoms with van der Waals surface area (Å²) in [6.45, 7) is 8.22. The first-order valence-electron chi connectivity index (χ1n) is 4.76. The molecule has 0 aliphatic carbocycles. The molecule has 0 aromatic carbocycles. The van der Waals surface area contributed by atoms with E-state index >= 15 is 0 Å². The number of carbonyl (C=O) groups is 1. The minimum Gasteiger partial charge on any atom is -0.347 e. The third-order valence-corrected chi connectivity index (χ3v) is 1.75. The van der Waals surface area contributed by atoms with Crippen LogP contribution in [-0.4, -0.2) is 36.5 Å². The van der Waals surface area contributed by atoms with Gasteiger partial charge < -0.3 is 10.2 Å². The molecule has 1 amide bonds. The van der Waals surface area contributed by atoms with E-state index < -0.39 is 0 Å². The maximum Gasteiger partial charge on any atom is 0.239 e. The SMILES string of the molecule is CC[C@H](NC(C)(C)C)C(=O)N(C)C. The van der Waals surface area contributed by atoms with Crippen LogP contribution in [0.5, 0.6) is 0 Å². The van der Waals surface area contributed by atoms with Crippen molar-refractivity contribution < 1.29 is 4.79 Å². The van der Waals surface area contributed by atoms with Crippen molar-refractivity contribution in [1.29, 1.82) is 0 Å². The van der Waals surface area contributed by atoms with Gasteiger partial charge in [-0.1, -0.05) is 6.92 Å². The van der Waals surface area contributed by atoms with Gasteiger partial charge in [0.05, 0.1) is 6.04 Å². The Kier molecular flexibility index (Phi) is 4.40. The van der Waals surface area contributed by atoms with E-state index in [-0.39, 0.29) is 17.5 Å². The molecule has 0 bridgehead atoms. The van der Waals surface area contributed by atoms with E-state index in [0.717, 1.165) is 6.42 Å². The van der Waals surface area contributed by atoms with Crippen LogP contribution in [0.3, 0.4) is 0 Å². The lowest BCUT2D eigenvalue weighted by Gasteiger charge is -2.28.